The minimum absolute atomic E-state index is 0.347. The van der Waals surface area contributed by atoms with Crippen LogP contribution in [0.25, 0.3) is 11.4 Å². The van der Waals surface area contributed by atoms with Crippen LogP contribution in [0.15, 0.2) is 28.8 Å². The van der Waals surface area contributed by atoms with E-state index in [0.29, 0.717) is 17.8 Å². The van der Waals surface area contributed by atoms with Gasteiger partial charge in [-0.05, 0) is 26.0 Å². The molecule has 0 aliphatic heterocycles. The molecular weight excluding hydrogens is 226 g/mol. The van der Waals surface area contributed by atoms with Crippen molar-refractivity contribution in [2.24, 2.45) is 0 Å². The van der Waals surface area contributed by atoms with E-state index in [0.717, 1.165) is 24.1 Å². The highest BCUT2D eigenvalue weighted by Crippen LogP contribution is 2.19. The summed E-state index contributed by atoms with van der Waals surface area (Å²) in [7, 11) is 0. The van der Waals surface area contributed by atoms with E-state index in [1.807, 2.05) is 31.2 Å². The van der Waals surface area contributed by atoms with Gasteiger partial charge in [0, 0.05) is 18.0 Å². The van der Waals surface area contributed by atoms with E-state index in [1.165, 1.54) is 0 Å². The Labute approximate surface area is 107 Å². The first kappa shape index (κ1) is 12.8. The lowest BCUT2D eigenvalue weighted by molar-refractivity contribution is 0.363. The second kappa shape index (κ2) is 5.78. The molecule has 1 aromatic carbocycles. The topological polar surface area (TPSA) is 51.0 Å². The molecule has 18 heavy (non-hydrogen) atoms. The van der Waals surface area contributed by atoms with Crippen LogP contribution in [0, 0.1) is 6.92 Å². The predicted octanol–water partition coefficient (Wildman–Crippen LogP) is 2.59. The van der Waals surface area contributed by atoms with E-state index in [2.05, 4.69) is 29.3 Å². The van der Waals surface area contributed by atoms with Crippen LogP contribution in [-0.4, -0.2) is 22.7 Å². The second-order valence-electron chi connectivity index (χ2n) is 4.49. The molecule has 2 aromatic rings. The van der Waals surface area contributed by atoms with Crippen LogP contribution >= 0.6 is 0 Å². The zero-order valence-electron chi connectivity index (χ0n) is 11.1. The molecule has 96 valence electrons. The molecular formula is C14H19N3O. The monoisotopic (exact) mass is 245 g/mol. The summed E-state index contributed by atoms with van der Waals surface area (Å²) in [6.07, 6.45) is 0.757. The SMILES string of the molecule is CCNC(C)Cc1nc(-c2ccccc2C)no1. The fraction of sp³-hybridized carbons (Fsp3) is 0.429. The molecule has 0 spiro atoms. The summed E-state index contributed by atoms with van der Waals surface area (Å²) in [6, 6.07) is 8.40. The lowest BCUT2D eigenvalue weighted by Crippen LogP contribution is -2.27. The molecule has 0 radical (unpaired) electrons. The first-order valence-electron chi connectivity index (χ1n) is 6.32. The molecule has 4 heteroatoms. The number of aromatic nitrogens is 2. The van der Waals surface area contributed by atoms with Gasteiger partial charge in [-0.15, -0.1) is 0 Å². The smallest absolute Gasteiger partial charge is 0.228 e. The van der Waals surface area contributed by atoms with Crippen LogP contribution < -0.4 is 5.32 Å². The van der Waals surface area contributed by atoms with E-state index < -0.39 is 0 Å². The molecule has 4 nitrogen and oxygen atoms in total. The zero-order valence-corrected chi connectivity index (χ0v) is 11.1. The third-order valence-electron chi connectivity index (χ3n) is 2.89. The van der Waals surface area contributed by atoms with Crippen LogP contribution in [0.3, 0.4) is 0 Å². The summed E-state index contributed by atoms with van der Waals surface area (Å²) < 4.78 is 5.29. The highest BCUT2D eigenvalue weighted by Gasteiger charge is 2.12. The molecule has 0 bridgehead atoms. The minimum atomic E-state index is 0.347. The lowest BCUT2D eigenvalue weighted by atomic mass is 10.1. The van der Waals surface area contributed by atoms with E-state index in [4.69, 9.17) is 4.52 Å². The third kappa shape index (κ3) is 2.96. The van der Waals surface area contributed by atoms with Crippen molar-refractivity contribution in [3.05, 3.63) is 35.7 Å². The van der Waals surface area contributed by atoms with Gasteiger partial charge in [0.2, 0.25) is 11.7 Å². The van der Waals surface area contributed by atoms with Gasteiger partial charge in [-0.1, -0.05) is 36.3 Å². The van der Waals surface area contributed by atoms with Gasteiger partial charge in [0.1, 0.15) is 0 Å². The Bertz CT molecular complexity index is 507. The molecule has 1 aromatic heterocycles. The predicted molar refractivity (Wildman–Crippen MR) is 71.3 cm³/mol. The van der Waals surface area contributed by atoms with Gasteiger partial charge in [-0.2, -0.15) is 4.98 Å². The summed E-state index contributed by atoms with van der Waals surface area (Å²) in [5.74, 6) is 1.36. The third-order valence-corrected chi connectivity index (χ3v) is 2.89. The van der Waals surface area contributed by atoms with Crippen molar-refractivity contribution < 1.29 is 4.52 Å². The molecule has 0 saturated heterocycles. The quantitative estimate of drug-likeness (QED) is 0.879. The number of hydrogen-bond donors (Lipinski definition) is 1. The molecule has 1 atom stereocenters. The maximum Gasteiger partial charge on any atom is 0.228 e. The number of nitrogens with zero attached hydrogens (tertiary/aromatic N) is 2. The molecule has 0 amide bonds. The van der Waals surface area contributed by atoms with Crippen LogP contribution in [0.5, 0.6) is 0 Å². The van der Waals surface area contributed by atoms with Gasteiger partial charge in [0.25, 0.3) is 0 Å². The fourth-order valence-electron chi connectivity index (χ4n) is 1.95. The van der Waals surface area contributed by atoms with Gasteiger partial charge >= 0.3 is 0 Å². The Morgan fingerprint density at radius 1 is 1.33 bits per heavy atom. The normalized spacial score (nSPS) is 12.6. The Kier molecular flexibility index (Phi) is 4.10. The average molecular weight is 245 g/mol. The molecule has 1 heterocycles. The second-order valence-corrected chi connectivity index (χ2v) is 4.49. The van der Waals surface area contributed by atoms with Gasteiger partial charge in [0.05, 0.1) is 0 Å². The number of benzene rings is 1. The van der Waals surface area contributed by atoms with Gasteiger partial charge in [-0.3, -0.25) is 0 Å². The molecule has 1 unspecified atom stereocenters. The number of likely N-dealkylation sites (N-methyl/N-ethyl adjacent to an activating group) is 1. The standard InChI is InChI=1S/C14H19N3O/c1-4-15-11(3)9-13-16-14(17-18-13)12-8-6-5-7-10(12)2/h5-8,11,15H,4,9H2,1-3H3. The van der Waals surface area contributed by atoms with E-state index >= 15 is 0 Å². The fourth-order valence-corrected chi connectivity index (χ4v) is 1.95. The number of nitrogens with one attached hydrogen (secondary N) is 1. The maximum absolute atomic E-state index is 5.29. The van der Waals surface area contributed by atoms with Crippen molar-refractivity contribution in [1.29, 1.82) is 0 Å². The first-order chi connectivity index (χ1) is 8.70. The Hall–Kier alpha value is -1.68. The average Bonchev–Trinajstić information content (AvgIpc) is 2.78. The van der Waals surface area contributed by atoms with Gasteiger partial charge in [0.15, 0.2) is 0 Å². The maximum atomic E-state index is 5.29. The highest BCUT2D eigenvalue weighted by atomic mass is 16.5. The number of rotatable bonds is 5. The Balaban J connectivity index is 2.13. The van der Waals surface area contributed by atoms with Crippen molar-refractivity contribution in [1.82, 2.24) is 15.5 Å². The molecule has 0 saturated carbocycles. The lowest BCUT2D eigenvalue weighted by Gasteiger charge is -2.07. The van der Waals surface area contributed by atoms with Crippen molar-refractivity contribution >= 4 is 0 Å². The van der Waals surface area contributed by atoms with Crippen molar-refractivity contribution in [3.8, 4) is 11.4 Å². The van der Waals surface area contributed by atoms with Crippen LogP contribution in [0.2, 0.25) is 0 Å². The van der Waals surface area contributed by atoms with Crippen LogP contribution in [-0.2, 0) is 6.42 Å². The number of aryl methyl sites for hydroxylation is 1. The summed E-state index contributed by atoms with van der Waals surface area (Å²) in [4.78, 5) is 4.45. The van der Waals surface area contributed by atoms with Crippen LogP contribution in [0.4, 0.5) is 0 Å². The Morgan fingerprint density at radius 3 is 2.83 bits per heavy atom. The van der Waals surface area contributed by atoms with Crippen molar-refractivity contribution in [3.63, 3.8) is 0 Å². The summed E-state index contributed by atoms with van der Waals surface area (Å²) in [5, 5.41) is 7.37. The zero-order chi connectivity index (χ0) is 13.0. The van der Waals surface area contributed by atoms with E-state index in [-0.39, 0.29) is 0 Å². The molecule has 0 aliphatic rings. The Morgan fingerprint density at radius 2 is 2.11 bits per heavy atom. The highest BCUT2D eigenvalue weighted by molar-refractivity contribution is 5.58. The first-order valence-corrected chi connectivity index (χ1v) is 6.32. The number of hydrogen-bond acceptors (Lipinski definition) is 4. The van der Waals surface area contributed by atoms with Crippen molar-refractivity contribution in [2.75, 3.05) is 6.54 Å². The van der Waals surface area contributed by atoms with E-state index in [1.54, 1.807) is 0 Å². The molecule has 1 N–H and O–H groups in total. The van der Waals surface area contributed by atoms with Gasteiger partial charge < -0.3 is 9.84 Å². The summed E-state index contributed by atoms with van der Waals surface area (Å²) in [6.45, 7) is 7.19. The molecule has 0 fully saturated rings. The van der Waals surface area contributed by atoms with E-state index in [9.17, 15) is 0 Å². The van der Waals surface area contributed by atoms with Crippen LogP contribution in [0.1, 0.15) is 25.3 Å². The van der Waals surface area contributed by atoms with Gasteiger partial charge in [-0.25, -0.2) is 0 Å². The van der Waals surface area contributed by atoms with Crippen molar-refractivity contribution in [2.45, 2.75) is 33.2 Å². The minimum Gasteiger partial charge on any atom is -0.339 e. The molecule has 2 rings (SSSR count). The summed E-state index contributed by atoms with van der Waals surface area (Å²) >= 11 is 0. The molecule has 0 aliphatic carbocycles. The summed E-state index contributed by atoms with van der Waals surface area (Å²) in [5.41, 5.74) is 2.19. The largest absolute Gasteiger partial charge is 0.339 e.